The van der Waals surface area contributed by atoms with Gasteiger partial charge in [-0.05, 0) is 56.1 Å². The third-order valence-electron chi connectivity index (χ3n) is 5.05. The first kappa shape index (κ1) is 34.3. The minimum absolute atomic E-state index is 0.0711. The van der Waals surface area contributed by atoms with Crippen LogP contribution in [0.15, 0.2) is 4.99 Å². The fourth-order valence-corrected chi connectivity index (χ4v) is 3.95. The van der Waals surface area contributed by atoms with Crippen molar-refractivity contribution in [1.29, 1.82) is 0 Å². The standard InChI is InChI=1S/C21H39N7O7S2/c1-36-10-7-13(26-17(31)12(22)5-6-16(29)30)18(32)27-14(8-11-37-2)19(33)28-15(20(34)35)4-3-9-25-21(23)24/h12-15H,3-11,22H2,1-2H3,(H,26,31)(H,27,32)(H,28,33)(H,29,30)(H,34,35)(H4,23,24,25). The second-order valence-electron chi connectivity index (χ2n) is 8.07. The number of carboxylic acid groups (broad SMARTS) is 2. The third kappa shape index (κ3) is 15.9. The maximum absolute atomic E-state index is 13.0. The van der Waals surface area contributed by atoms with Crippen LogP contribution in [0.1, 0.15) is 38.5 Å². The number of guanidine groups is 1. The lowest BCUT2D eigenvalue weighted by molar-refractivity contribution is -0.142. The number of carbonyl (C=O) groups excluding carboxylic acids is 3. The van der Waals surface area contributed by atoms with Crippen LogP contribution in [0.25, 0.3) is 0 Å². The van der Waals surface area contributed by atoms with E-state index in [-0.39, 0.29) is 44.6 Å². The number of aliphatic carboxylic acids is 2. The summed E-state index contributed by atoms with van der Waals surface area (Å²) in [7, 11) is 0. The van der Waals surface area contributed by atoms with Gasteiger partial charge >= 0.3 is 11.9 Å². The van der Waals surface area contributed by atoms with Gasteiger partial charge < -0.3 is 43.4 Å². The Kier molecular flexibility index (Phi) is 18.0. The van der Waals surface area contributed by atoms with Crippen LogP contribution < -0.4 is 33.2 Å². The third-order valence-corrected chi connectivity index (χ3v) is 6.34. The lowest BCUT2D eigenvalue weighted by Gasteiger charge is -2.25. The Bertz CT molecular complexity index is 797. The number of amides is 3. The minimum atomic E-state index is -1.24. The number of nitrogens with two attached hydrogens (primary N) is 3. The van der Waals surface area contributed by atoms with Gasteiger partial charge in [0.15, 0.2) is 5.96 Å². The van der Waals surface area contributed by atoms with E-state index < -0.39 is 53.8 Å². The lowest BCUT2D eigenvalue weighted by atomic mass is 10.1. The zero-order valence-electron chi connectivity index (χ0n) is 21.1. The molecule has 0 heterocycles. The first-order chi connectivity index (χ1) is 17.4. The summed E-state index contributed by atoms with van der Waals surface area (Å²) in [5.74, 6) is -3.43. The molecule has 0 radical (unpaired) electrons. The summed E-state index contributed by atoms with van der Waals surface area (Å²) in [6.45, 7) is 0.194. The van der Waals surface area contributed by atoms with Crippen LogP contribution in [-0.4, -0.2) is 101 Å². The van der Waals surface area contributed by atoms with Crippen molar-refractivity contribution in [3.05, 3.63) is 0 Å². The predicted octanol–water partition coefficient (Wildman–Crippen LogP) is -1.72. The Hall–Kier alpha value is -2.72. The first-order valence-electron chi connectivity index (χ1n) is 11.6. The van der Waals surface area contributed by atoms with Crippen molar-refractivity contribution in [3.8, 4) is 0 Å². The number of nitrogens with zero attached hydrogens (tertiary/aromatic N) is 1. The summed E-state index contributed by atoms with van der Waals surface area (Å²) in [5, 5.41) is 25.9. The maximum atomic E-state index is 13.0. The van der Waals surface area contributed by atoms with Gasteiger partial charge in [0.1, 0.15) is 18.1 Å². The highest BCUT2D eigenvalue weighted by molar-refractivity contribution is 7.98. The fraction of sp³-hybridized carbons (Fsp3) is 0.714. The Balaban J connectivity index is 5.38. The summed E-state index contributed by atoms with van der Waals surface area (Å²) >= 11 is 2.89. The summed E-state index contributed by atoms with van der Waals surface area (Å²) in [6, 6.07) is -4.40. The molecule has 0 aromatic carbocycles. The molecule has 0 saturated carbocycles. The Morgan fingerprint density at radius 1 is 0.784 bits per heavy atom. The molecule has 0 rings (SSSR count). The molecule has 4 unspecified atom stereocenters. The van der Waals surface area contributed by atoms with Crippen LogP contribution in [-0.2, 0) is 24.0 Å². The van der Waals surface area contributed by atoms with Crippen LogP contribution in [0.5, 0.6) is 0 Å². The molecule has 0 fully saturated rings. The summed E-state index contributed by atoms with van der Waals surface area (Å²) in [6.07, 6.45) is 4.08. The van der Waals surface area contributed by atoms with E-state index in [2.05, 4.69) is 20.9 Å². The van der Waals surface area contributed by atoms with Gasteiger partial charge in [0, 0.05) is 13.0 Å². The van der Waals surface area contributed by atoms with Gasteiger partial charge in [0.25, 0.3) is 0 Å². The highest BCUT2D eigenvalue weighted by Crippen LogP contribution is 2.07. The molecule has 0 aliphatic rings. The number of aliphatic imine (C=N–C) groups is 1. The molecule has 4 atom stereocenters. The molecule has 3 amide bonds. The summed E-state index contributed by atoms with van der Waals surface area (Å²) < 4.78 is 0. The van der Waals surface area contributed by atoms with Gasteiger partial charge in [0.05, 0.1) is 6.04 Å². The Morgan fingerprint density at radius 3 is 1.70 bits per heavy atom. The Labute approximate surface area is 224 Å². The molecule has 0 aromatic rings. The van der Waals surface area contributed by atoms with Crippen LogP contribution in [0.2, 0.25) is 0 Å². The number of hydrogen-bond donors (Lipinski definition) is 8. The number of carbonyl (C=O) groups is 5. The van der Waals surface area contributed by atoms with Gasteiger partial charge in [-0.1, -0.05) is 0 Å². The molecule has 11 N–H and O–H groups in total. The van der Waals surface area contributed by atoms with Crippen molar-refractivity contribution in [2.24, 2.45) is 22.2 Å². The topological polar surface area (TPSA) is 252 Å². The number of rotatable bonds is 20. The van der Waals surface area contributed by atoms with Crippen LogP contribution in [0.3, 0.4) is 0 Å². The largest absolute Gasteiger partial charge is 0.481 e. The quantitative estimate of drug-likeness (QED) is 0.0466. The SMILES string of the molecule is CSCCC(NC(=O)C(N)CCC(=O)O)C(=O)NC(CCSC)C(=O)NC(CCCN=C(N)N)C(=O)O. The van der Waals surface area contributed by atoms with Gasteiger partial charge in [0.2, 0.25) is 17.7 Å². The van der Waals surface area contributed by atoms with Crippen molar-refractivity contribution in [1.82, 2.24) is 16.0 Å². The number of hydrogen-bond acceptors (Lipinski definition) is 9. The maximum Gasteiger partial charge on any atom is 0.326 e. The van der Waals surface area contributed by atoms with E-state index in [9.17, 15) is 29.1 Å². The van der Waals surface area contributed by atoms with Crippen molar-refractivity contribution in [3.63, 3.8) is 0 Å². The van der Waals surface area contributed by atoms with E-state index >= 15 is 0 Å². The molecule has 0 spiro atoms. The van der Waals surface area contributed by atoms with Crippen LogP contribution >= 0.6 is 23.5 Å². The predicted molar refractivity (Wildman–Crippen MR) is 144 cm³/mol. The molecule has 0 bridgehead atoms. The number of nitrogens with one attached hydrogen (secondary N) is 3. The van der Waals surface area contributed by atoms with Crippen molar-refractivity contribution < 1.29 is 34.2 Å². The van der Waals surface area contributed by atoms with Crippen LogP contribution in [0.4, 0.5) is 0 Å². The van der Waals surface area contributed by atoms with E-state index in [0.717, 1.165) is 0 Å². The van der Waals surface area contributed by atoms with E-state index in [1.54, 1.807) is 0 Å². The molecule has 0 aromatic heterocycles. The fourth-order valence-electron chi connectivity index (χ4n) is 3.00. The lowest BCUT2D eigenvalue weighted by Crippen LogP contribution is -2.57. The highest BCUT2D eigenvalue weighted by Gasteiger charge is 2.30. The Morgan fingerprint density at radius 2 is 1.27 bits per heavy atom. The van der Waals surface area contributed by atoms with E-state index in [1.807, 2.05) is 12.5 Å². The average molecular weight is 566 g/mol. The average Bonchev–Trinajstić information content (AvgIpc) is 2.83. The van der Waals surface area contributed by atoms with E-state index in [0.29, 0.717) is 17.9 Å². The van der Waals surface area contributed by atoms with Crippen LogP contribution in [0, 0.1) is 0 Å². The molecule has 14 nitrogen and oxygen atoms in total. The minimum Gasteiger partial charge on any atom is -0.481 e. The van der Waals surface area contributed by atoms with Gasteiger partial charge in [-0.25, -0.2) is 4.79 Å². The molecular weight excluding hydrogens is 526 g/mol. The van der Waals surface area contributed by atoms with Gasteiger partial charge in [-0.15, -0.1) is 0 Å². The normalized spacial score (nSPS) is 13.9. The molecule has 0 aliphatic carbocycles. The molecule has 37 heavy (non-hydrogen) atoms. The molecule has 212 valence electrons. The zero-order chi connectivity index (χ0) is 28.4. The van der Waals surface area contributed by atoms with Gasteiger partial charge in [-0.3, -0.25) is 24.2 Å². The first-order valence-corrected chi connectivity index (χ1v) is 14.4. The number of carboxylic acids is 2. The smallest absolute Gasteiger partial charge is 0.326 e. The second kappa shape index (κ2) is 19.4. The molecule has 16 heteroatoms. The molecule has 0 aliphatic heterocycles. The molecule has 0 saturated heterocycles. The highest BCUT2D eigenvalue weighted by atomic mass is 32.2. The molecular formula is C21H39N7O7S2. The zero-order valence-corrected chi connectivity index (χ0v) is 22.7. The van der Waals surface area contributed by atoms with Gasteiger partial charge in [-0.2, -0.15) is 23.5 Å². The van der Waals surface area contributed by atoms with E-state index in [4.69, 9.17) is 22.3 Å². The summed E-state index contributed by atoms with van der Waals surface area (Å²) in [4.78, 5) is 64.5. The van der Waals surface area contributed by atoms with Crippen molar-refractivity contribution >= 4 is 59.1 Å². The van der Waals surface area contributed by atoms with E-state index in [1.165, 1.54) is 23.5 Å². The monoisotopic (exact) mass is 565 g/mol. The number of thioether (sulfide) groups is 2. The van der Waals surface area contributed by atoms with Crippen molar-refractivity contribution in [2.45, 2.75) is 62.7 Å². The second-order valence-corrected chi connectivity index (χ2v) is 10.0. The van der Waals surface area contributed by atoms with Crippen molar-refractivity contribution in [2.75, 3.05) is 30.6 Å². The summed E-state index contributed by atoms with van der Waals surface area (Å²) in [5.41, 5.74) is 16.3.